The second-order valence-electron chi connectivity index (χ2n) is 8.98. The van der Waals surface area contributed by atoms with Gasteiger partial charge in [-0.3, -0.25) is 4.90 Å². The van der Waals surface area contributed by atoms with Crippen LogP contribution >= 0.6 is 0 Å². The topological polar surface area (TPSA) is 35.5 Å². The number of hydrogen-bond acceptors (Lipinski definition) is 5. The van der Waals surface area contributed by atoms with E-state index in [2.05, 4.69) is 54.9 Å². The second kappa shape index (κ2) is 9.83. The van der Waals surface area contributed by atoms with Gasteiger partial charge in [-0.15, -0.1) is 0 Å². The zero-order valence-corrected chi connectivity index (χ0v) is 17.9. The maximum atomic E-state index is 4.74. The SMILES string of the molecule is CCN1CC2CCC(C1)N2c1ncc(CCN(C)CCCCC(C)C)cn1. The van der Waals surface area contributed by atoms with Gasteiger partial charge in [0.2, 0.25) is 5.95 Å². The summed E-state index contributed by atoms with van der Waals surface area (Å²) in [7, 11) is 2.23. The molecule has 3 rings (SSSR count). The van der Waals surface area contributed by atoms with Gasteiger partial charge >= 0.3 is 0 Å². The van der Waals surface area contributed by atoms with Gasteiger partial charge in [-0.05, 0) is 57.3 Å². The molecule has 5 heteroatoms. The lowest BCUT2D eigenvalue weighted by Crippen LogP contribution is -2.54. The first-order chi connectivity index (χ1) is 13.1. The lowest BCUT2D eigenvalue weighted by molar-refractivity contribution is 0.228. The van der Waals surface area contributed by atoms with Gasteiger partial charge in [0.1, 0.15) is 0 Å². The van der Waals surface area contributed by atoms with Crippen LogP contribution in [0.2, 0.25) is 0 Å². The molecule has 2 atom stereocenters. The molecule has 0 N–H and O–H groups in total. The highest BCUT2D eigenvalue weighted by Gasteiger charge is 2.40. The molecule has 0 aliphatic carbocycles. The van der Waals surface area contributed by atoms with Gasteiger partial charge in [-0.1, -0.05) is 33.6 Å². The Bertz CT molecular complexity index is 544. The summed E-state index contributed by atoms with van der Waals surface area (Å²) in [5.41, 5.74) is 1.26. The van der Waals surface area contributed by atoms with E-state index in [0.717, 1.165) is 31.4 Å². The fraction of sp³-hybridized carbons (Fsp3) is 0.818. The minimum atomic E-state index is 0.603. The van der Waals surface area contributed by atoms with E-state index in [1.807, 2.05) is 0 Å². The zero-order chi connectivity index (χ0) is 19.2. The van der Waals surface area contributed by atoms with Crippen molar-refractivity contribution in [2.24, 2.45) is 5.92 Å². The molecule has 2 unspecified atom stereocenters. The molecule has 152 valence electrons. The largest absolute Gasteiger partial charge is 0.332 e. The molecule has 0 radical (unpaired) electrons. The molecule has 2 saturated heterocycles. The molecule has 2 fully saturated rings. The Morgan fingerprint density at radius 3 is 2.33 bits per heavy atom. The molecular formula is C22H39N5. The van der Waals surface area contributed by atoms with Crippen molar-refractivity contribution in [1.82, 2.24) is 19.8 Å². The quantitative estimate of drug-likeness (QED) is 0.587. The van der Waals surface area contributed by atoms with E-state index in [0.29, 0.717) is 12.1 Å². The van der Waals surface area contributed by atoms with Crippen LogP contribution in [0.4, 0.5) is 5.95 Å². The van der Waals surface area contributed by atoms with Crippen LogP contribution in [0.1, 0.15) is 58.4 Å². The Morgan fingerprint density at radius 2 is 1.74 bits per heavy atom. The number of anilines is 1. The predicted octanol–water partition coefficient (Wildman–Crippen LogP) is 3.45. The van der Waals surface area contributed by atoms with Crippen molar-refractivity contribution < 1.29 is 0 Å². The van der Waals surface area contributed by atoms with Gasteiger partial charge in [0.25, 0.3) is 0 Å². The monoisotopic (exact) mass is 373 g/mol. The summed E-state index contributed by atoms with van der Waals surface area (Å²) in [6.45, 7) is 12.7. The van der Waals surface area contributed by atoms with Crippen molar-refractivity contribution in [1.29, 1.82) is 0 Å². The van der Waals surface area contributed by atoms with Crippen LogP contribution in [0, 0.1) is 5.92 Å². The molecule has 0 aromatic carbocycles. The maximum Gasteiger partial charge on any atom is 0.225 e. The number of nitrogens with zero attached hydrogens (tertiary/aromatic N) is 5. The van der Waals surface area contributed by atoms with E-state index in [4.69, 9.17) is 9.97 Å². The number of hydrogen-bond donors (Lipinski definition) is 0. The summed E-state index contributed by atoms with van der Waals surface area (Å²) in [6, 6.07) is 1.21. The molecule has 2 aliphatic heterocycles. The van der Waals surface area contributed by atoms with E-state index in [-0.39, 0.29) is 0 Å². The van der Waals surface area contributed by atoms with Crippen molar-refractivity contribution in [2.45, 2.75) is 71.4 Å². The smallest absolute Gasteiger partial charge is 0.225 e. The van der Waals surface area contributed by atoms with E-state index in [9.17, 15) is 0 Å². The molecule has 0 amide bonds. The van der Waals surface area contributed by atoms with Crippen molar-refractivity contribution in [2.75, 3.05) is 44.7 Å². The maximum absolute atomic E-state index is 4.74. The minimum Gasteiger partial charge on any atom is -0.332 e. The Labute approximate surface area is 166 Å². The lowest BCUT2D eigenvalue weighted by atomic mass is 10.1. The second-order valence-corrected chi connectivity index (χ2v) is 8.98. The standard InChI is InChI=1S/C22H39N5/c1-5-26-16-20-9-10-21(17-26)27(20)22-23-14-19(15-24-22)11-13-25(4)12-7-6-8-18(2)3/h14-15,18,20-21H,5-13,16-17H2,1-4H3. The highest BCUT2D eigenvalue weighted by molar-refractivity contribution is 5.37. The lowest BCUT2D eigenvalue weighted by Gasteiger charge is -2.40. The number of fused-ring (bicyclic) bond motifs is 2. The molecule has 0 saturated carbocycles. The number of unbranched alkanes of at least 4 members (excludes halogenated alkanes) is 1. The summed E-state index contributed by atoms with van der Waals surface area (Å²) in [5.74, 6) is 1.77. The summed E-state index contributed by atoms with van der Waals surface area (Å²) < 4.78 is 0. The molecule has 2 aliphatic rings. The van der Waals surface area contributed by atoms with Crippen molar-refractivity contribution in [3.8, 4) is 0 Å². The number of likely N-dealkylation sites (N-methyl/N-ethyl adjacent to an activating group) is 2. The molecule has 5 nitrogen and oxygen atoms in total. The van der Waals surface area contributed by atoms with E-state index in [1.54, 1.807) is 0 Å². The third-order valence-electron chi connectivity index (χ3n) is 6.28. The fourth-order valence-corrected chi connectivity index (χ4v) is 4.55. The Kier molecular flexibility index (Phi) is 7.48. The van der Waals surface area contributed by atoms with Gasteiger partial charge < -0.3 is 9.80 Å². The Hall–Kier alpha value is -1.20. The average Bonchev–Trinajstić information content (AvgIpc) is 2.93. The van der Waals surface area contributed by atoms with Crippen LogP contribution < -0.4 is 4.90 Å². The van der Waals surface area contributed by atoms with E-state index >= 15 is 0 Å². The van der Waals surface area contributed by atoms with Gasteiger partial charge in [-0.25, -0.2) is 9.97 Å². The normalized spacial score (nSPS) is 23.0. The Morgan fingerprint density at radius 1 is 1.07 bits per heavy atom. The average molecular weight is 374 g/mol. The first-order valence-corrected chi connectivity index (χ1v) is 11.1. The highest BCUT2D eigenvalue weighted by Crippen LogP contribution is 2.32. The summed E-state index contributed by atoms with van der Waals surface area (Å²) in [5, 5.41) is 0. The van der Waals surface area contributed by atoms with E-state index in [1.165, 1.54) is 57.3 Å². The molecular weight excluding hydrogens is 334 g/mol. The molecule has 27 heavy (non-hydrogen) atoms. The fourth-order valence-electron chi connectivity index (χ4n) is 4.55. The summed E-state index contributed by atoms with van der Waals surface area (Å²) in [6.07, 6.45) is 11.7. The van der Waals surface area contributed by atoms with Gasteiger partial charge in [0, 0.05) is 44.1 Å². The summed E-state index contributed by atoms with van der Waals surface area (Å²) in [4.78, 5) is 17.0. The molecule has 2 bridgehead atoms. The van der Waals surface area contributed by atoms with E-state index < -0.39 is 0 Å². The minimum absolute atomic E-state index is 0.603. The first kappa shape index (κ1) is 20.5. The number of aromatic nitrogens is 2. The van der Waals surface area contributed by atoms with Crippen LogP contribution in [-0.4, -0.2) is 71.6 Å². The number of rotatable bonds is 10. The highest BCUT2D eigenvalue weighted by atomic mass is 15.4. The van der Waals surface area contributed by atoms with Crippen molar-refractivity contribution in [3.05, 3.63) is 18.0 Å². The molecule has 3 heterocycles. The number of likely N-dealkylation sites (tertiary alicyclic amines) is 1. The van der Waals surface area contributed by atoms with Crippen LogP contribution in [-0.2, 0) is 6.42 Å². The van der Waals surface area contributed by atoms with Gasteiger partial charge in [0.15, 0.2) is 0 Å². The third-order valence-corrected chi connectivity index (χ3v) is 6.28. The third kappa shape index (κ3) is 5.64. The van der Waals surface area contributed by atoms with Crippen molar-refractivity contribution >= 4 is 5.95 Å². The van der Waals surface area contributed by atoms with Crippen LogP contribution in [0.25, 0.3) is 0 Å². The zero-order valence-electron chi connectivity index (χ0n) is 17.9. The van der Waals surface area contributed by atoms with Gasteiger partial charge in [-0.2, -0.15) is 0 Å². The van der Waals surface area contributed by atoms with Crippen LogP contribution in [0.3, 0.4) is 0 Å². The predicted molar refractivity (Wildman–Crippen MR) is 113 cm³/mol. The number of piperazine rings is 1. The van der Waals surface area contributed by atoms with Crippen LogP contribution in [0.15, 0.2) is 12.4 Å². The summed E-state index contributed by atoms with van der Waals surface area (Å²) >= 11 is 0. The molecule has 0 spiro atoms. The van der Waals surface area contributed by atoms with Crippen molar-refractivity contribution in [3.63, 3.8) is 0 Å². The molecule has 1 aromatic heterocycles. The first-order valence-electron chi connectivity index (χ1n) is 11.1. The molecule has 1 aromatic rings. The van der Waals surface area contributed by atoms with Gasteiger partial charge in [0.05, 0.1) is 0 Å². The van der Waals surface area contributed by atoms with Crippen LogP contribution in [0.5, 0.6) is 0 Å². The Balaban J connectivity index is 1.44.